The first-order valence-corrected chi connectivity index (χ1v) is 4.37. The SMILES string of the molecule is CCc1ccc2c(c1)OC(=O)NC2. The molecular formula is C10H11NO2. The Morgan fingerprint density at radius 1 is 1.54 bits per heavy atom. The summed E-state index contributed by atoms with van der Waals surface area (Å²) >= 11 is 0. The first-order valence-electron chi connectivity index (χ1n) is 4.37. The largest absolute Gasteiger partial charge is 0.412 e. The second-order valence-corrected chi connectivity index (χ2v) is 3.04. The number of hydrogen-bond donors (Lipinski definition) is 1. The normalized spacial score (nSPS) is 14.4. The van der Waals surface area contributed by atoms with Crippen molar-refractivity contribution in [3.8, 4) is 5.75 Å². The number of rotatable bonds is 1. The summed E-state index contributed by atoms with van der Waals surface area (Å²) in [4.78, 5) is 10.9. The molecule has 0 bridgehead atoms. The summed E-state index contributed by atoms with van der Waals surface area (Å²) in [5.41, 5.74) is 2.23. The van der Waals surface area contributed by atoms with Gasteiger partial charge in [-0.25, -0.2) is 4.79 Å². The van der Waals surface area contributed by atoms with E-state index in [1.54, 1.807) is 0 Å². The van der Waals surface area contributed by atoms with E-state index in [0.717, 1.165) is 12.0 Å². The van der Waals surface area contributed by atoms with Gasteiger partial charge in [-0.2, -0.15) is 0 Å². The summed E-state index contributed by atoms with van der Waals surface area (Å²) in [7, 11) is 0. The lowest BCUT2D eigenvalue weighted by Crippen LogP contribution is -2.31. The molecule has 0 aromatic heterocycles. The first kappa shape index (κ1) is 8.10. The molecule has 13 heavy (non-hydrogen) atoms. The van der Waals surface area contributed by atoms with E-state index in [0.29, 0.717) is 12.3 Å². The van der Waals surface area contributed by atoms with Crippen LogP contribution in [0.5, 0.6) is 5.75 Å². The van der Waals surface area contributed by atoms with E-state index in [1.165, 1.54) is 5.56 Å². The molecule has 1 aromatic rings. The summed E-state index contributed by atoms with van der Waals surface area (Å²) < 4.78 is 5.02. The summed E-state index contributed by atoms with van der Waals surface area (Å²) in [6.45, 7) is 2.64. The van der Waals surface area contributed by atoms with Crippen molar-refractivity contribution in [2.75, 3.05) is 0 Å². The maximum Gasteiger partial charge on any atom is 0.412 e. The number of hydrogen-bond acceptors (Lipinski definition) is 2. The minimum Gasteiger partial charge on any atom is -0.410 e. The van der Waals surface area contributed by atoms with Crippen molar-refractivity contribution in [3.05, 3.63) is 29.3 Å². The van der Waals surface area contributed by atoms with Crippen LogP contribution in [0.1, 0.15) is 18.1 Å². The number of amides is 1. The van der Waals surface area contributed by atoms with Crippen LogP contribution in [0.3, 0.4) is 0 Å². The zero-order chi connectivity index (χ0) is 9.26. The summed E-state index contributed by atoms with van der Waals surface area (Å²) in [6, 6.07) is 5.97. The van der Waals surface area contributed by atoms with Gasteiger partial charge < -0.3 is 10.1 Å². The molecule has 0 saturated heterocycles. The van der Waals surface area contributed by atoms with Crippen molar-refractivity contribution in [1.82, 2.24) is 5.32 Å². The van der Waals surface area contributed by atoms with Gasteiger partial charge in [0.25, 0.3) is 0 Å². The van der Waals surface area contributed by atoms with E-state index in [-0.39, 0.29) is 6.09 Å². The van der Waals surface area contributed by atoms with Gasteiger partial charge >= 0.3 is 6.09 Å². The fourth-order valence-electron chi connectivity index (χ4n) is 1.36. The van der Waals surface area contributed by atoms with Gasteiger partial charge in [0, 0.05) is 12.1 Å². The lowest BCUT2D eigenvalue weighted by atomic mass is 10.1. The van der Waals surface area contributed by atoms with Crippen LogP contribution in [0.25, 0.3) is 0 Å². The minimum absolute atomic E-state index is 0.360. The van der Waals surface area contributed by atoms with Gasteiger partial charge in [-0.1, -0.05) is 19.1 Å². The molecule has 1 aliphatic heterocycles. The number of fused-ring (bicyclic) bond motifs is 1. The molecule has 1 N–H and O–H groups in total. The molecule has 1 aliphatic rings. The maximum atomic E-state index is 10.9. The molecule has 0 unspecified atom stereocenters. The van der Waals surface area contributed by atoms with Crippen LogP contribution in [-0.4, -0.2) is 6.09 Å². The topological polar surface area (TPSA) is 38.3 Å². The Kier molecular flexibility index (Phi) is 1.93. The average molecular weight is 177 g/mol. The Balaban J connectivity index is 2.38. The predicted molar refractivity (Wildman–Crippen MR) is 48.7 cm³/mol. The Bertz CT molecular complexity index is 347. The molecule has 3 heteroatoms. The van der Waals surface area contributed by atoms with E-state index in [4.69, 9.17) is 4.74 Å². The van der Waals surface area contributed by atoms with Gasteiger partial charge in [0.2, 0.25) is 0 Å². The molecule has 0 radical (unpaired) electrons. The molecule has 1 aromatic carbocycles. The van der Waals surface area contributed by atoms with Crippen molar-refractivity contribution in [2.45, 2.75) is 19.9 Å². The highest BCUT2D eigenvalue weighted by Gasteiger charge is 2.15. The number of benzene rings is 1. The molecule has 3 nitrogen and oxygen atoms in total. The average Bonchev–Trinajstić information content (AvgIpc) is 2.16. The third-order valence-electron chi connectivity index (χ3n) is 2.17. The minimum atomic E-state index is -0.360. The van der Waals surface area contributed by atoms with Crippen molar-refractivity contribution in [2.24, 2.45) is 0 Å². The van der Waals surface area contributed by atoms with Crippen LogP contribution < -0.4 is 10.1 Å². The lowest BCUT2D eigenvalue weighted by Gasteiger charge is -2.17. The van der Waals surface area contributed by atoms with Crippen LogP contribution in [0.4, 0.5) is 4.79 Å². The van der Waals surface area contributed by atoms with Crippen LogP contribution in [-0.2, 0) is 13.0 Å². The lowest BCUT2D eigenvalue weighted by molar-refractivity contribution is 0.194. The van der Waals surface area contributed by atoms with Crippen LogP contribution in [0.2, 0.25) is 0 Å². The number of carbonyl (C=O) groups is 1. The zero-order valence-corrected chi connectivity index (χ0v) is 7.46. The molecular weight excluding hydrogens is 166 g/mol. The number of nitrogens with one attached hydrogen (secondary N) is 1. The smallest absolute Gasteiger partial charge is 0.410 e. The van der Waals surface area contributed by atoms with Gasteiger partial charge in [-0.3, -0.25) is 0 Å². The van der Waals surface area contributed by atoms with E-state index in [2.05, 4.69) is 18.3 Å². The highest BCUT2D eigenvalue weighted by atomic mass is 16.6. The molecule has 1 heterocycles. The molecule has 0 fully saturated rings. The quantitative estimate of drug-likeness (QED) is 0.710. The molecule has 0 saturated carbocycles. The van der Waals surface area contributed by atoms with Crippen molar-refractivity contribution < 1.29 is 9.53 Å². The fraction of sp³-hybridized carbons (Fsp3) is 0.300. The Morgan fingerprint density at radius 3 is 3.15 bits per heavy atom. The van der Waals surface area contributed by atoms with Gasteiger partial charge in [-0.15, -0.1) is 0 Å². The third-order valence-corrected chi connectivity index (χ3v) is 2.17. The van der Waals surface area contributed by atoms with Gasteiger partial charge in [0.1, 0.15) is 5.75 Å². The fourth-order valence-corrected chi connectivity index (χ4v) is 1.36. The van der Waals surface area contributed by atoms with Gasteiger partial charge in [0.05, 0.1) is 0 Å². The Labute approximate surface area is 76.7 Å². The van der Waals surface area contributed by atoms with Crippen LogP contribution in [0.15, 0.2) is 18.2 Å². The second-order valence-electron chi connectivity index (χ2n) is 3.04. The number of aryl methyl sites for hydroxylation is 1. The monoisotopic (exact) mass is 177 g/mol. The Morgan fingerprint density at radius 2 is 2.38 bits per heavy atom. The standard InChI is InChI=1S/C10H11NO2/c1-2-7-3-4-8-6-11-10(12)13-9(8)5-7/h3-5H,2,6H2,1H3,(H,11,12). The van der Waals surface area contributed by atoms with Gasteiger partial charge in [0.15, 0.2) is 0 Å². The molecule has 0 spiro atoms. The Hall–Kier alpha value is -1.51. The third kappa shape index (κ3) is 1.49. The van der Waals surface area contributed by atoms with Gasteiger partial charge in [-0.05, 0) is 18.1 Å². The van der Waals surface area contributed by atoms with E-state index >= 15 is 0 Å². The van der Waals surface area contributed by atoms with Crippen LogP contribution >= 0.6 is 0 Å². The van der Waals surface area contributed by atoms with E-state index in [1.807, 2.05) is 12.1 Å². The molecule has 0 aliphatic carbocycles. The van der Waals surface area contributed by atoms with Crippen molar-refractivity contribution in [1.29, 1.82) is 0 Å². The first-order chi connectivity index (χ1) is 6.29. The summed E-state index contributed by atoms with van der Waals surface area (Å²) in [6.07, 6.45) is 0.596. The second kappa shape index (κ2) is 3.09. The maximum absolute atomic E-state index is 10.9. The molecule has 68 valence electrons. The highest BCUT2D eigenvalue weighted by Crippen LogP contribution is 2.23. The number of carbonyl (C=O) groups excluding carboxylic acids is 1. The molecule has 2 rings (SSSR count). The zero-order valence-electron chi connectivity index (χ0n) is 7.46. The van der Waals surface area contributed by atoms with Crippen LogP contribution in [0, 0.1) is 0 Å². The van der Waals surface area contributed by atoms with Crippen molar-refractivity contribution >= 4 is 6.09 Å². The predicted octanol–water partition coefficient (Wildman–Crippen LogP) is 1.85. The van der Waals surface area contributed by atoms with E-state index < -0.39 is 0 Å². The number of ether oxygens (including phenoxy) is 1. The van der Waals surface area contributed by atoms with E-state index in [9.17, 15) is 4.79 Å². The van der Waals surface area contributed by atoms with Crippen molar-refractivity contribution in [3.63, 3.8) is 0 Å². The summed E-state index contributed by atoms with van der Waals surface area (Å²) in [5.74, 6) is 0.697. The molecule has 1 amide bonds. The summed E-state index contributed by atoms with van der Waals surface area (Å²) in [5, 5.41) is 2.61. The highest BCUT2D eigenvalue weighted by molar-refractivity contribution is 5.73. The molecule has 0 atom stereocenters.